The van der Waals surface area contributed by atoms with Crippen LogP contribution in [0.1, 0.15) is 10.4 Å². The summed E-state index contributed by atoms with van der Waals surface area (Å²) in [4.78, 5) is 11.5. The van der Waals surface area contributed by atoms with Crippen LogP contribution in [0.4, 0.5) is 5.69 Å². The van der Waals surface area contributed by atoms with Crippen LogP contribution in [0.25, 0.3) is 10.8 Å². The molecule has 0 unspecified atom stereocenters. The molecule has 4 N–H and O–H groups in total. The molecule has 0 aromatic heterocycles. The SMILES string of the molecule is NC(=O)c1cc(N)ccc1Oc1ccc2ccccc2c1. The van der Waals surface area contributed by atoms with Crippen molar-refractivity contribution in [2.75, 3.05) is 5.73 Å². The van der Waals surface area contributed by atoms with Gasteiger partial charge >= 0.3 is 0 Å². The lowest BCUT2D eigenvalue weighted by molar-refractivity contribution is 0.0998. The fraction of sp³-hybridized carbons (Fsp3) is 0. The number of rotatable bonds is 3. The van der Waals surface area contributed by atoms with Gasteiger partial charge in [-0.25, -0.2) is 0 Å². The first-order chi connectivity index (χ1) is 10.1. The molecular formula is C17H14N2O2. The van der Waals surface area contributed by atoms with Crippen LogP contribution in [-0.4, -0.2) is 5.91 Å². The molecule has 0 heterocycles. The zero-order valence-corrected chi connectivity index (χ0v) is 11.2. The Morgan fingerprint density at radius 3 is 2.43 bits per heavy atom. The summed E-state index contributed by atoms with van der Waals surface area (Å²) >= 11 is 0. The standard InChI is InChI=1S/C17H14N2O2/c18-13-6-8-16(15(10-13)17(19)20)21-14-7-5-11-3-1-2-4-12(11)9-14/h1-10H,18H2,(H2,19,20). The third-order valence-electron chi connectivity index (χ3n) is 3.22. The van der Waals surface area contributed by atoms with Crippen LogP contribution in [0.3, 0.4) is 0 Å². The van der Waals surface area contributed by atoms with Crippen LogP contribution in [0.15, 0.2) is 60.7 Å². The van der Waals surface area contributed by atoms with Crippen molar-refractivity contribution in [2.24, 2.45) is 5.73 Å². The number of benzene rings is 3. The first kappa shape index (κ1) is 13.0. The summed E-state index contributed by atoms with van der Waals surface area (Å²) in [5.41, 5.74) is 11.8. The third kappa shape index (κ3) is 2.65. The van der Waals surface area contributed by atoms with Gasteiger partial charge in [0.1, 0.15) is 11.5 Å². The van der Waals surface area contributed by atoms with Crippen LogP contribution in [0, 0.1) is 0 Å². The summed E-state index contributed by atoms with van der Waals surface area (Å²) in [7, 11) is 0. The van der Waals surface area contributed by atoms with Crippen LogP contribution < -0.4 is 16.2 Å². The Bertz CT molecular complexity index is 828. The van der Waals surface area contributed by atoms with E-state index in [0.29, 0.717) is 17.2 Å². The largest absolute Gasteiger partial charge is 0.457 e. The zero-order chi connectivity index (χ0) is 14.8. The number of carbonyl (C=O) groups excluding carboxylic acids is 1. The Kier molecular flexibility index (Phi) is 3.20. The minimum atomic E-state index is -0.571. The molecule has 0 aliphatic heterocycles. The zero-order valence-electron chi connectivity index (χ0n) is 11.2. The summed E-state index contributed by atoms with van der Waals surface area (Å²) in [6.07, 6.45) is 0. The maximum absolute atomic E-state index is 11.5. The number of hydrogen-bond acceptors (Lipinski definition) is 3. The number of ether oxygens (including phenoxy) is 1. The Labute approximate surface area is 121 Å². The second-order valence-corrected chi connectivity index (χ2v) is 4.73. The van der Waals surface area contributed by atoms with Crippen molar-refractivity contribution in [3.05, 3.63) is 66.2 Å². The van der Waals surface area contributed by atoms with E-state index in [1.807, 2.05) is 42.5 Å². The van der Waals surface area contributed by atoms with E-state index in [2.05, 4.69) is 0 Å². The average molecular weight is 278 g/mol. The fourth-order valence-corrected chi connectivity index (χ4v) is 2.19. The van der Waals surface area contributed by atoms with Gasteiger partial charge in [-0.1, -0.05) is 30.3 Å². The van der Waals surface area contributed by atoms with Crippen molar-refractivity contribution in [3.8, 4) is 11.5 Å². The topological polar surface area (TPSA) is 78.3 Å². The Balaban J connectivity index is 2.00. The first-order valence-electron chi connectivity index (χ1n) is 6.49. The highest BCUT2D eigenvalue weighted by Crippen LogP contribution is 2.29. The van der Waals surface area contributed by atoms with Gasteiger partial charge < -0.3 is 16.2 Å². The van der Waals surface area contributed by atoms with E-state index in [-0.39, 0.29) is 5.56 Å². The quantitative estimate of drug-likeness (QED) is 0.721. The number of hydrogen-bond donors (Lipinski definition) is 2. The third-order valence-corrected chi connectivity index (χ3v) is 3.22. The molecule has 104 valence electrons. The number of nitrogens with two attached hydrogens (primary N) is 2. The molecule has 0 aliphatic carbocycles. The summed E-state index contributed by atoms with van der Waals surface area (Å²) < 4.78 is 5.78. The normalized spacial score (nSPS) is 10.5. The summed E-state index contributed by atoms with van der Waals surface area (Å²) in [5.74, 6) is 0.464. The molecule has 3 aromatic rings. The highest BCUT2D eigenvalue weighted by Gasteiger charge is 2.11. The van der Waals surface area contributed by atoms with Crippen LogP contribution in [0.2, 0.25) is 0 Å². The second-order valence-electron chi connectivity index (χ2n) is 4.73. The van der Waals surface area contributed by atoms with E-state index < -0.39 is 5.91 Å². The molecule has 0 aliphatic rings. The van der Waals surface area contributed by atoms with E-state index in [9.17, 15) is 4.79 Å². The van der Waals surface area contributed by atoms with Gasteiger partial charge in [-0.15, -0.1) is 0 Å². The summed E-state index contributed by atoms with van der Waals surface area (Å²) in [5, 5.41) is 2.18. The number of amides is 1. The Hall–Kier alpha value is -3.01. The lowest BCUT2D eigenvalue weighted by Gasteiger charge is -2.10. The number of primary amides is 1. The van der Waals surface area contributed by atoms with Crippen LogP contribution >= 0.6 is 0 Å². The fourth-order valence-electron chi connectivity index (χ4n) is 2.19. The molecule has 0 radical (unpaired) electrons. The van der Waals surface area contributed by atoms with Crippen molar-refractivity contribution in [1.29, 1.82) is 0 Å². The first-order valence-corrected chi connectivity index (χ1v) is 6.49. The minimum Gasteiger partial charge on any atom is -0.457 e. The van der Waals surface area contributed by atoms with Gasteiger partial charge in [0.15, 0.2) is 0 Å². The highest BCUT2D eigenvalue weighted by atomic mass is 16.5. The van der Waals surface area contributed by atoms with Gasteiger partial charge in [0.25, 0.3) is 5.91 Å². The van der Waals surface area contributed by atoms with Crippen molar-refractivity contribution < 1.29 is 9.53 Å². The molecule has 0 atom stereocenters. The van der Waals surface area contributed by atoms with Gasteiger partial charge in [0.05, 0.1) is 5.56 Å². The van der Waals surface area contributed by atoms with Crippen molar-refractivity contribution in [3.63, 3.8) is 0 Å². The molecule has 0 saturated heterocycles. The number of nitrogen functional groups attached to an aromatic ring is 1. The smallest absolute Gasteiger partial charge is 0.252 e. The molecule has 1 amide bonds. The maximum Gasteiger partial charge on any atom is 0.252 e. The van der Waals surface area contributed by atoms with Crippen LogP contribution in [-0.2, 0) is 0 Å². The van der Waals surface area contributed by atoms with E-state index in [1.54, 1.807) is 12.1 Å². The molecule has 4 nitrogen and oxygen atoms in total. The molecule has 0 bridgehead atoms. The molecule has 0 saturated carbocycles. The Morgan fingerprint density at radius 2 is 1.67 bits per heavy atom. The molecular weight excluding hydrogens is 264 g/mol. The van der Waals surface area contributed by atoms with Crippen LogP contribution in [0.5, 0.6) is 11.5 Å². The van der Waals surface area contributed by atoms with Gasteiger partial charge in [0, 0.05) is 5.69 Å². The van der Waals surface area contributed by atoms with E-state index in [0.717, 1.165) is 10.8 Å². The van der Waals surface area contributed by atoms with E-state index in [1.165, 1.54) is 6.07 Å². The molecule has 0 fully saturated rings. The molecule has 3 rings (SSSR count). The summed E-state index contributed by atoms with van der Waals surface area (Å²) in [6, 6.07) is 18.5. The van der Waals surface area contributed by atoms with Gasteiger partial charge in [-0.2, -0.15) is 0 Å². The van der Waals surface area contributed by atoms with E-state index in [4.69, 9.17) is 16.2 Å². The highest BCUT2D eigenvalue weighted by molar-refractivity contribution is 5.96. The molecule has 0 spiro atoms. The van der Waals surface area contributed by atoms with Crippen molar-refractivity contribution in [1.82, 2.24) is 0 Å². The lowest BCUT2D eigenvalue weighted by atomic mass is 10.1. The van der Waals surface area contributed by atoms with Gasteiger partial charge in [-0.05, 0) is 41.1 Å². The van der Waals surface area contributed by atoms with E-state index >= 15 is 0 Å². The number of anilines is 1. The average Bonchev–Trinajstić information content (AvgIpc) is 2.49. The second kappa shape index (κ2) is 5.17. The molecule has 4 heteroatoms. The van der Waals surface area contributed by atoms with Gasteiger partial charge in [-0.3, -0.25) is 4.79 Å². The molecule has 3 aromatic carbocycles. The minimum absolute atomic E-state index is 0.267. The predicted molar refractivity (Wildman–Crippen MR) is 83.4 cm³/mol. The predicted octanol–water partition coefficient (Wildman–Crippen LogP) is 3.31. The maximum atomic E-state index is 11.5. The van der Waals surface area contributed by atoms with Crippen molar-refractivity contribution >= 4 is 22.4 Å². The van der Waals surface area contributed by atoms with Crippen molar-refractivity contribution in [2.45, 2.75) is 0 Å². The lowest BCUT2D eigenvalue weighted by Crippen LogP contribution is -2.12. The number of fused-ring (bicyclic) bond motifs is 1. The van der Waals surface area contributed by atoms with Gasteiger partial charge in [0.2, 0.25) is 0 Å². The molecule has 21 heavy (non-hydrogen) atoms. The number of carbonyl (C=O) groups is 1. The Morgan fingerprint density at radius 1 is 0.905 bits per heavy atom. The summed E-state index contributed by atoms with van der Waals surface area (Å²) in [6.45, 7) is 0. The monoisotopic (exact) mass is 278 g/mol.